The summed E-state index contributed by atoms with van der Waals surface area (Å²) >= 11 is 1.71. The van der Waals surface area contributed by atoms with Crippen molar-refractivity contribution < 1.29 is 19.1 Å². The second-order valence-corrected chi connectivity index (χ2v) is 9.38. The van der Waals surface area contributed by atoms with E-state index in [1.807, 2.05) is 37.2 Å². The van der Waals surface area contributed by atoms with Gasteiger partial charge in [0, 0.05) is 19.8 Å². The number of aryl methyl sites for hydroxylation is 1. The number of benzene rings is 2. The number of nitrogens with two attached hydrogens (primary N) is 1. The highest BCUT2D eigenvalue weighted by atomic mass is 32.2. The summed E-state index contributed by atoms with van der Waals surface area (Å²) in [6.07, 6.45) is -0.725. The maximum atomic E-state index is 10.5. The van der Waals surface area contributed by atoms with Gasteiger partial charge in [-0.15, -0.1) is 11.8 Å². The number of thioether (sulfide) groups is 1. The predicted molar refractivity (Wildman–Crippen MR) is 130 cm³/mol. The molecular weight excluding hydrogens is 426 g/mol. The molecular formula is C24H31N3O4S. The lowest BCUT2D eigenvalue weighted by molar-refractivity contribution is -0.120. The van der Waals surface area contributed by atoms with Crippen LogP contribution in [-0.2, 0) is 9.53 Å². The number of carbonyl (C=O) groups is 2. The highest BCUT2D eigenvalue weighted by Gasteiger charge is 2.20. The molecule has 2 aromatic carbocycles. The lowest BCUT2D eigenvalue weighted by Crippen LogP contribution is -2.27. The summed E-state index contributed by atoms with van der Waals surface area (Å²) < 4.78 is 9.56. The van der Waals surface area contributed by atoms with Crippen LogP contribution in [0.1, 0.15) is 26.3 Å². The van der Waals surface area contributed by atoms with Crippen LogP contribution in [0, 0.1) is 18.3 Å². The smallest absolute Gasteiger partial charge is 0.405 e. The molecule has 2 N–H and O–H groups in total. The third-order valence-electron chi connectivity index (χ3n) is 3.88. The van der Waals surface area contributed by atoms with Gasteiger partial charge in [-0.1, -0.05) is 35.9 Å². The van der Waals surface area contributed by atoms with E-state index in [9.17, 15) is 9.59 Å². The van der Waals surface area contributed by atoms with Gasteiger partial charge in [0.2, 0.25) is 0 Å². The second kappa shape index (κ2) is 12.6. The van der Waals surface area contributed by atoms with Crippen LogP contribution in [0.25, 0.3) is 11.1 Å². The molecule has 1 aliphatic rings. The van der Waals surface area contributed by atoms with Crippen molar-refractivity contribution in [1.29, 1.82) is 5.26 Å². The molecule has 1 saturated heterocycles. The molecule has 32 heavy (non-hydrogen) atoms. The first-order valence-electron chi connectivity index (χ1n) is 9.95. The topological polar surface area (TPSA) is 106 Å². The van der Waals surface area contributed by atoms with E-state index in [1.165, 1.54) is 5.56 Å². The van der Waals surface area contributed by atoms with Crippen molar-refractivity contribution in [2.24, 2.45) is 5.73 Å². The molecule has 1 fully saturated rings. The first kappa shape index (κ1) is 26.9. The Morgan fingerprint density at radius 1 is 1.19 bits per heavy atom. The maximum absolute atomic E-state index is 10.5. The summed E-state index contributed by atoms with van der Waals surface area (Å²) in [5.41, 5.74) is 8.62. The highest BCUT2D eigenvalue weighted by Crippen LogP contribution is 2.32. The monoisotopic (exact) mass is 457 g/mol. The molecule has 0 aliphatic carbocycles. The number of hydrogen-bond donors (Lipinski definition) is 1. The molecule has 0 spiro atoms. The van der Waals surface area contributed by atoms with Gasteiger partial charge >= 0.3 is 6.09 Å². The average Bonchev–Trinajstić information content (AvgIpc) is 3.53. The Morgan fingerprint density at radius 2 is 1.75 bits per heavy atom. The van der Waals surface area contributed by atoms with Gasteiger partial charge in [0.15, 0.2) is 5.75 Å². The Hall–Kier alpha value is -3.18. The number of anilines is 1. The van der Waals surface area contributed by atoms with E-state index in [2.05, 4.69) is 42.0 Å². The third-order valence-corrected chi connectivity index (χ3v) is 4.66. The molecule has 1 aliphatic heterocycles. The van der Waals surface area contributed by atoms with Crippen LogP contribution in [0.4, 0.5) is 10.5 Å². The number of primary amides is 1. The number of amides is 1. The molecule has 2 aromatic rings. The number of rotatable bonds is 4. The fourth-order valence-electron chi connectivity index (χ4n) is 2.37. The van der Waals surface area contributed by atoms with E-state index in [-0.39, 0.29) is 0 Å². The predicted octanol–water partition coefficient (Wildman–Crippen LogP) is 4.77. The van der Waals surface area contributed by atoms with Crippen molar-refractivity contribution in [3.05, 3.63) is 48.0 Å². The number of nitriles is 1. The zero-order chi connectivity index (χ0) is 24.3. The van der Waals surface area contributed by atoms with E-state index in [4.69, 9.17) is 15.7 Å². The zero-order valence-electron chi connectivity index (χ0n) is 19.4. The first-order valence-corrected chi connectivity index (χ1v) is 11.0. The van der Waals surface area contributed by atoms with E-state index < -0.39 is 11.7 Å². The molecule has 0 radical (unpaired) electrons. The molecule has 172 valence electrons. The zero-order valence-corrected chi connectivity index (χ0v) is 20.2. The second-order valence-electron chi connectivity index (χ2n) is 8.14. The van der Waals surface area contributed by atoms with Crippen LogP contribution < -0.4 is 15.4 Å². The lowest BCUT2D eigenvalue weighted by atomic mass is 10.0. The van der Waals surface area contributed by atoms with Crippen molar-refractivity contribution >= 4 is 30.0 Å². The Morgan fingerprint density at radius 3 is 2.09 bits per heavy atom. The number of ether oxygens (including phenoxy) is 2. The Labute approximate surface area is 194 Å². The van der Waals surface area contributed by atoms with Gasteiger partial charge in [0.05, 0.1) is 11.8 Å². The maximum Gasteiger partial charge on any atom is 0.405 e. The summed E-state index contributed by atoms with van der Waals surface area (Å²) in [7, 11) is 3.85. The Kier molecular flexibility index (Phi) is 10.6. The van der Waals surface area contributed by atoms with E-state index >= 15 is 0 Å². The van der Waals surface area contributed by atoms with Crippen molar-refractivity contribution in [2.75, 3.05) is 24.7 Å². The summed E-state index contributed by atoms with van der Waals surface area (Å²) in [6, 6.07) is 16.2. The van der Waals surface area contributed by atoms with Crippen LogP contribution >= 0.6 is 11.8 Å². The molecule has 1 amide bonds. The summed E-state index contributed by atoms with van der Waals surface area (Å²) in [4.78, 5) is 22.4. The molecule has 0 bridgehead atoms. The molecule has 1 atom stereocenters. The van der Waals surface area contributed by atoms with Gasteiger partial charge < -0.3 is 20.1 Å². The summed E-state index contributed by atoms with van der Waals surface area (Å²) in [6.45, 7) is 7.80. The summed E-state index contributed by atoms with van der Waals surface area (Å²) in [5, 5.41) is 8.29. The third kappa shape index (κ3) is 10.7. The molecule has 0 saturated carbocycles. The average molecular weight is 458 g/mol. The van der Waals surface area contributed by atoms with Crippen LogP contribution in [-0.4, -0.2) is 43.3 Å². The quantitative estimate of drug-likeness (QED) is 0.521. The first-order chi connectivity index (χ1) is 15.0. The van der Waals surface area contributed by atoms with Gasteiger partial charge in [-0.05, 0) is 51.0 Å². The van der Waals surface area contributed by atoms with Gasteiger partial charge in [0.25, 0.3) is 6.47 Å². The highest BCUT2D eigenvalue weighted by molar-refractivity contribution is 8.07. The van der Waals surface area contributed by atoms with Crippen molar-refractivity contribution in [3.8, 4) is 22.9 Å². The standard InChI is InChI=1S/C16H17NO2.C5H11NO2.C3H3NS/c1-12-4-6-13(7-5-12)14-8-9-16(19-11-18)15(10-14)17(2)3;1-5(2,3)8-4(6)7;4-1-3-2-5-3/h4-11H,1-3H3;1-3H3,(H2,6,7);3H,2H2. The fraction of sp³-hybridized carbons (Fsp3) is 0.375. The van der Waals surface area contributed by atoms with Crippen LogP contribution in [0.3, 0.4) is 0 Å². The van der Waals surface area contributed by atoms with Gasteiger partial charge in [-0.2, -0.15) is 5.26 Å². The Balaban J connectivity index is 0.000000322. The van der Waals surface area contributed by atoms with Crippen LogP contribution in [0.15, 0.2) is 42.5 Å². The van der Waals surface area contributed by atoms with Gasteiger partial charge in [-0.3, -0.25) is 4.79 Å². The van der Waals surface area contributed by atoms with E-state index in [0.717, 1.165) is 22.6 Å². The molecule has 1 unspecified atom stereocenters. The molecule has 0 aromatic heterocycles. The molecule has 7 nitrogen and oxygen atoms in total. The number of hydrogen-bond acceptors (Lipinski definition) is 7. The van der Waals surface area contributed by atoms with Crippen molar-refractivity contribution in [3.63, 3.8) is 0 Å². The SMILES string of the molecule is CC(C)(C)OC(N)=O.Cc1ccc(-c2ccc(OC=O)c(N(C)C)c2)cc1.N#CC1CS1. The number of nitrogens with zero attached hydrogens (tertiary/aromatic N) is 2. The molecule has 1 heterocycles. The minimum atomic E-state index is -0.725. The molecule has 8 heteroatoms. The molecule has 3 rings (SSSR count). The van der Waals surface area contributed by atoms with Crippen LogP contribution in [0.2, 0.25) is 0 Å². The van der Waals surface area contributed by atoms with E-state index in [1.54, 1.807) is 32.5 Å². The van der Waals surface area contributed by atoms with E-state index in [0.29, 0.717) is 17.5 Å². The number of carbonyl (C=O) groups excluding carboxylic acids is 2. The lowest BCUT2D eigenvalue weighted by Gasteiger charge is -2.17. The van der Waals surface area contributed by atoms with Crippen molar-refractivity contribution in [2.45, 2.75) is 38.5 Å². The normalized spacial score (nSPS) is 13.7. The van der Waals surface area contributed by atoms with Gasteiger partial charge in [0.1, 0.15) is 10.9 Å². The summed E-state index contributed by atoms with van der Waals surface area (Å²) in [5.74, 6) is 1.63. The Bertz CT molecular complexity index is 928. The minimum Gasteiger partial charge on any atom is -0.444 e. The van der Waals surface area contributed by atoms with Crippen molar-refractivity contribution in [1.82, 2.24) is 0 Å². The minimum absolute atomic E-state index is 0.356. The van der Waals surface area contributed by atoms with Gasteiger partial charge in [-0.25, -0.2) is 4.79 Å². The largest absolute Gasteiger partial charge is 0.444 e. The van der Waals surface area contributed by atoms with Crippen LogP contribution in [0.5, 0.6) is 5.75 Å². The fourth-order valence-corrected chi connectivity index (χ4v) is 2.61.